The molecule has 122 valence electrons. The lowest BCUT2D eigenvalue weighted by molar-refractivity contribution is -0.127. The van der Waals surface area contributed by atoms with E-state index < -0.39 is 8.32 Å². The Balaban J connectivity index is 2.17. The number of carbonyl (C=O) groups is 1. The Morgan fingerprint density at radius 2 is 1.73 bits per heavy atom. The molecule has 1 aliphatic rings. The molecule has 2 nitrogen and oxygen atoms in total. The van der Waals surface area contributed by atoms with Crippen LogP contribution in [0.25, 0.3) is 0 Å². The molecule has 0 amide bonds. The molecule has 22 heavy (non-hydrogen) atoms. The van der Waals surface area contributed by atoms with Crippen LogP contribution < -0.4 is 0 Å². The average molecular weight is 319 g/mol. The van der Waals surface area contributed by atoms with Gasteiger partial charge in [0.1, 0.15) is 5.78 Å². The van der Waals surface area contributed by atoms with Gasteiger partial charge in [-0.05, 0) is 36.0 Å². The minimum Gasteiger partial charge on any atom is -0.413 e. The van der Waals surface area contributed by atoms with Gasteiger partial charge in [0.2, 0.25) is 0 Å². The van der Waals surface area contributed by atoms with Crippen molar-refractivity contribution in [1.82, 2.24) is 0 Å². The highest BCUT2D eigenvalue weighted by Crippen LogP contribution is 2.42. The van der Waals surface area contributed by atoms with Crippen LogP contribution in [0.5, 0.6) is 0 Å². The molecule has 1 aromatic rings. The lowest BCUT2D eigenvalue weighted by Crippen LogP contribution is -2.46. The minimum atomic E-state index is -1.83. The summed E-state index contributed by atoms with van der Waals surface area (Å²) in [6.45, 7) is 13.4. The first-order valence-corrected chi connectivity index (χ1v) is 11.3. The molecule has 0 radical (unpaired) electrons. The second-order valence-electron chi connectivity index (χ2n) is 8.21. The largest absolute Gasteiger partial charge is 0.413 e. The van der Waals surface area contributed by atoms with Gasteiger partial charge in [0.25, 0.3) is 0 Å². The van der Waals surface area contributed by atoms with Crippen molar-refractivity contribution in [2.45, 2.75) is 70.7 Å². The van der Waals surface area contributed by atoms with Crippen molar-refractivity contribution in [3.05, 3.63) is 35.9 Å². The smallest absolute Gasteiger partial charge is 0.192 e. The van der Waals surface area contributed by atoms with Crippen molar-refractivity contribution >= 4 is 14.1 Å². The minimum absolute atomic E-state index is 0.0785. The van der Waals surface area contributed by atoms with Crippen LogP contribution in [-0.2, 0) is 9.22 Å². The number of hydrogen-bond acceptors (Lipinski definition) is 2. The van der Waals surface area contributed by atoms with Crippen LogP contribution in [0.3, 0.4) is 0 Å². The number of Topliss-reactive ketones (excluding diaryl/α,β-unsaturated/α-hetero) is 1. The summed E-state index contributed by atoms with van der Waals surface area (Å²) in [5, 5.41) is 0.182. The molecule has 0 aliphatic heterocycles. The third-order valence-electron chi connectivity index (χ3n) is 5.55. The lowest BCUT2D eigenvalue weighted by atomic mass is 9.74. The van der Waals surface area contributed by atoms with Gasteiger partial charge in [-0.15, -0.1) is 0 Å². The molecule has 1 aliphatic carbocycles. The third kappa shape index (κ3) is 3.69. The quantitative estimate of drug-likeness (QED) is 0.720. The molecule has 3 atom stereocenters. The van der Waals surface area contributed by atoms with Crippen molar-refractivity contribution in [3.63, 3.8) is 0 Å². The summed E-state index contributed by atoms with van der Waals surface area (Å²) in [4.78, 5) is 12.5. The molecule has 1 saturated carbocycles. The van der Waals surface area contributed by atoms with Gasteiger partial charge in [-0.1, -0.05) is 58.0 Å². The van der Waals surface area contributed by atoms with Crippen LogP contribution in [-0.4, -0.2) is 20.2 Å². The maximum Gasteiger partial charge on any atom is 0.192 e. The van der Waals surface area contributed by atoms with Crippen molar-refractivity contribution in [3.8, 4) is 0 Å². The zero-order valence-electron chi connectivity index (χ0n) is 14.8. The van der Waals surface area contributed by atoms with E-state index in [0.717, 1.165) is 6.42 Å². The zero-order valence-corrected chi connectivity index (χ0v) is 15.8. The van der Waals surface area contributed by atoms with Gasteiger partial charge in [-0.3, -0.25) is 4.79 Å². The Morgan fingerprint density at radius 3 is 2.27 bits per heavy atom. The lowest BCUT2D eigenvalue weighted by Gasteiger charge is -2.42. The SMILES string of the molecule is C[C@@H]1C(=O)C[C@@H](O[Si](C)(C)C(C)(C)C)C[C@H]1c1ccccc1. The van der Waals surface area contributed by atoms with Crippen molar-refractivity contribution in [1.29, 1.82) is 0 Å². The Bertz CT molecular complexity index is 516. The van der Waals surface area contributed by atoms with E-state index >= 15 is 0 Å². The molecule has 0 saturated heterocycles. The number of benzene rings is 1. The van der Waals surface area contributed by atoms with Gasteiger partial charge in [0.15, 0.2) is 8.32 Å². The summed E-state index contributed by atoms with van der Waals surface area (Å²) in [6, 6.07) is 10.4. The second-order valence-corrected chi connectivity index (χ2v) is 13.0. The first kappa shape index (κ1) is 17.4. The summed E-state index contributed by atoms with van der Waals surface area (Å²) in [5.74, 6) is 0.739. The van der Waals surface area contributed by atoms with Gasteiger partial charge in [-0.25, -0.2) is 0 Å². The third-order valence-corrected chi connectivity index (χ3v) is 10.1. The van der Waals surface area contributed by atoms with Crippen molar-refractivity contribution in [2.24, 2.45) is 5.92 Å². The number of carbonyl (C=O) groups excluding carboxylic acids is 1. The highest BCUT2D eigenvalue weighted by atomic mass is 28.4. The number of hydrogen-bond donors (Lipinski definition) is 0. The summed E-state index contributed by atoms with van der Waals surface area (Å²) in [6.07, 6.45) is 1.62. The van der Waals surface area contributed by atoms with E-state index in [4.69, 9.17) is 4.43 Å². The topological polar surface area (TPSA) is 26.3 Å². The fraction of sp³-hybridized carbons (Fsp3) is 0.632. The monoisotopic (exact) mass is 318 g/mol. The molecular weight excluding hydrogens is 288 g/mol. The average Bonchev–Trinajstić information content (AvgIpc) is 2.42. The molecule has 0 N–H and O–H groups in total. The van der Waals surface area contributed by atoms with E-state index in [9.17, 15) is 4.79 Å². The molecule has 2 rings (SSSR count). The maximum atomic E-state index is 12.5. The van der Waals surface area contributed by atoms with E-state index in [1.165, 1.54) is 5.56 Å². The summed E-state index contributed by atoms with van der Waals surface area (Å²) in [7, 11) is -1.83. The highest BCUT2D eigenvalue weighted by molar-refractivity contribution is 6.74. The first-order chi connectivity index (χ1) is 10.1. The predicted molar refractivity (Wildman–Crippen MR) is 94.7 cm³/mol. The molecule has 0 heterocycles. The number of rotatable bonds is 3. The van der Waals surface area contributed by atoms with Crippen molar-refractivity contribution < 1.29 is 9.22 Å². The molecule has 1 fully saturated rings. The van der Waals surface area contributed by atoms with Gasteiger partial charge in [-0.2, -0.15) is 0 Å². The zero-order chi connectivity index (χ0) is 16.5. The highest BCUT2D eigenvalue weighted by Gasteiger charge is 2.42. The fourth-order valence-electron chi connectivity index (χ4n) is 3.01. The molecule has 3 heteroatoms. The summed E-state index contributed by atoms with van der Waals surface area (Å²) in [5.41, 5.74) is 1.27. The molecular formula is C19H30O2Si. The molecule has 0 spiro atoms. The Kier molecular flexibility index (Phi) is 4.98. The van der Waals surface area contributed by atoms with E-state index in [1.807, 2.05) is 6.07 Å². The molecule has 1 aromatic carbocycles. The van der Waals surface area contributed by atoms with Gasteiger partial charge in [0.05, 0.1) is 6.10 Å². The standard InChI is InChI=1S/C19H30O2Si/c1-14-17(15-10-8-7-9-11-15)12-16(13-18(14)20)21-22(5,6)19(2,3)4/h7-11,14,16-17H,12-13H2,1-6H3/t14-,16-,17+/m0/s1. The molecule has 0 unspecified atom stereocenters. The number of ketones is 1. The van der Waals surface area contributed by atoms with Crippen LogP contribution in [0.2, 0.25) is 18.1 Å². The van der Waals surface area contributed by atoms with E-state index in [2.05, 4.69) is 65.1 Å². The summed E-state index contributed by atoms with van der Waals surface area (Å²) >= 11 is 0. The first-order valence-electron chi connectivity index (χ1n) is 8.37. The van der Waals surface area contributed by atoms with E-state index in [1.54, 1.807) is 0 Å². The van der Waals surface area contributed by atoms with E-state index in [-0.39, 0.29) is 23.0 Å². The normalized spacial score (nSPS) is 27.0. The maximum absolute atomic E-state index is 12.5. The van der Waals surface area contributed by atoms with Crippen LogP contribution in [0.1, 0.15) is 52.0 Å². The van der Waals surface area contributed by atoms with Gasteiger partial charge >= 0.3 is 0 Å². The Morgan fingerprint density at radius 1 is 1.14 bits per heavy atom. The van der Waals surface area contributed by atoms with Crippen molar-refractivity contribution in [2.75, 3.05) is 0 Å². The predicted octanol–water partition coefficient (Wildman–Crippen LogP) is 5.16. The van der Waals surface area contributed by atoms with Crippen LogP contribution in [0.15, 0.2) is 30.3 Å². The Labute approximate surface area is 136 Å². The van der Waals surface area contributed by atoms with Gasteiger partial charge in [0, 0.05) is 12.3 Å². The van der Waals surface area contributed by atoms with Crippen LogP contribution in [0.4, 0.5) is 0 Å². The molecule has 0 aromatic heterocycles. The van der Waals surface area contributed by atoms with Crippen LogP contribution >= 0.6 is 0 Å². The second kappa shape index (κ2) is 6.29. The molecule has 0 bridgehead atoms. The van der Waals surface area contributed by atoms with Crippen LogP contribution in [0, 0.1) is 5.92 Å². The van der Waals surface area contributed by atoms with Gasteiger partial charge < -0.3 is 4.43 Å². The fourth-order valence-corrected chi connectivity index (χ4v) is 4.38. The Hall–Kier alpha value is -0.933. The summed E-state index contributed by atoms with van der Waals surface area (Å²) < 4.78 is 6.53. The van der Waals surface area contributed by atoms with E-state index in [0.29, 0.717) is 12.2 Å².